The molecule has 3 heterocycles. The van der Waals surface area contributed by atoms with Gasteiger partial charge in [0.25, 0.3) is 5.56 Å². The normalized spacial score (nSPS) is 19.7. The number of nitrogens with one attached hydrogen (secondary N) is 1. The van der Waals surface area contributed by atoms with Gasteiger partial charge in [-0.2, -0.15) is 5.26 Å². The van der Waals surface area contributed by atoms with E-state index < -0.39 is 6.10 Å². The van der Waals surface area contributed by atoms with Gasteiger partial charge in [0.05, 0.1) is 29.2 Å². The summed E-state index contributed by atoms with van der Waals surface area (Å²) in [5, 5.41) is 20.8. The third-order valence-corrected chi connectivity index (χ3v) is 6.04. The molecule has 6 nitrogen and oxygen atoms in total. The lowest BCUT2D eigenvalue weighted by atomic mass is 9.92. The SMILES string of the molecule is CC(C)C(O)c1cc2c(N3CCC4(CC3)CC4)c(C#N)c(=O)[nH]c2cn1. The van der Waals surface area contributed by atoms with Gasteiger partial charge in [-0.25, -0.2) is 0 Å². The van der Waals surface area contributed by atoms with Gasteiger partial charge in [0.15, 0.2) is 0 Å². The molecule has 1 aliphatic heterocycles. The molecular formula is C20H24N4O2. The maximum atomic E-state index is 12.4. The van der Waals surface area contributed by atoms with E-state index in [9.17, 15) is 15.2 Å². The number of H-pyrrole nitrogens is 1. The van der Waals surface area contributed by atoms with Crippen molar-refractivity contribution in [2.45, 2.75) is 45.6 Å². The molecule has 4 rings (SSSR count). The van der Waals surface area contributed by atoms with Gasteiger partial charge in [-0.15, -0.1) is 0 Å². The summed E-state index contributed by atoms with van der Waals surface area (Å²) in [6, 6.07) is 3.92. The van der Waals surface area contributed by atoms with E-state index in [-0.39, 0.29) is 17.0 Å². The first-order valence-corrected chi connectivity index (χ1v) is 9.33. The number of hydrogen-bond acceptors (Lipinski definition) is 5. The number of hydrogen-bond donors (Lipinski definition) is 2. The van der Waals surface area contributed by atoms with Crippen LogP contribution in [0.15, 0.2) is 17.1 Å². The molecule has 2 aromatic heterocycles. The fraction of sp³-hybridized carbons (Fsp3) is 0.550. The number of anilines is 1. The molecule has 1 atom stereocenters. The minimum atomic E-state index is -0.680. The fourth-order valence-electron chi connectivity index (χ4n) is 4.01. The number of aromatic amines is 1. The van der Waals surface area contributed by atoms with Gasteiger partial charge in [0, 0.05) is 18.5 Å². The van der Waals surface area contributed by atoms with Crippen LogP contribution in [0, 0.1) is 22.7 Å². The minimum Gasteiger partial charge on any atom is -0.387 e. The van der Waals surface area contributed by atoms with Crippen LogP contribution in [0.1, 0.15) is 56.9 Å². The van der Waals surface area contributed by atoms with Crippen LogP contribution in [0.3, 0.4) is 0 Å². The molecule has 2 aromatic rings. The smallest absolute Gasteiger partial charge is 0.268 e. The van der Waals surface area contributed by atoms with Crippen molar-refractivity contribution in [2.24, 2.45) is 11.3 Å². The highest BCUT2D eigenvalue weighted by atomic mass is 16.3. The second kappa shape index (κ2) is 6.10. The second-order valence-corrected chi connectivity index (χ2v) is 8.12. The number of pyridine rings is 2. The first-order chi connectivity index (χ1) is 12.4. The van der Waals surface area contributed by atoms with E-state index in [1.54, 1.807) is 6.20 Å². The van der Waals surface area contributed by atoms with Crippen molar-refractivity contribution in [1.82, 2.24) is 9.97 Å². The number of nitrogens with zero attached hydrogens (tertiary/aromatic N) is 3. The number of aliphatic hydroxyl groups excluding tert-OH is 1. The monoisotopic (exact) mass is 352 g/mol. The van der Waals surface area contributed by atoms with Crippen LogP contribution in [0.25, 0.3) is 10.9 Å². The summed E-state index contributed by atoms with van der Waals surface area (Å²) < 4.78 is 0. The van der Waals surface area contributed by atoms with Crippen molar-refractivity contribution in [2.75, 3.05) is 18.0 Å². The second-order valence-electron chi connectivity index (χ2n) is 8.12. The number of aromatic nitrogens is 2. The maximum absolute atomic E-state index is 12.4. The van der Waals surface area contributed by atoms with Crippen LogP contribution >= 0.6 is 0 Å². The Morgan fingerprint density at radius 3 is 2.58 bits per heavy atom. The molecule has 1 spiro atoms. The van der Waals surface area contributed by atoms with Crippen molar-refractivity contribution < 1.29 is 5.11 Å². The van der Waals surface area contributed by atoms with E-state index in [1.807, 2.05) is 19.9 Å². The third kappa shape index (κ3) is 2.77. The van der Waals surface area contributed by atoms with E-state index >= 15 is 0 Å². The van der Waals surface area contributed by atoms with E-state index in [4.69, 9.17) is 0 Å². The zero-order chi connectivity index (χ0) is 18.5. The van der Waals surface area contributed by atoms with E-state index in [0.717, 1.165) is 31.3 Å². The van der Waals surface area contributed by atoms with Gasteiger partial charge in [0.2, 0.25) is 0 Å². The number of aliphatic hydroxyl groups is 1. The summed E-state index contributed by atoms with van der Waals surface area (Å²) in [5.41, 5.74) is 2.17. The highest BCUT2D eigenvalue weighted by Gasteiger charge is 2.44. The molecule has 26 heavy (non-hydrogen) atoms. The van der Waals surface area contributed by atoms with Crippen molar-refractivity contribution in [3.63, 3.8) is 0 Å². The number of nitriles is 1. The zero-order valence-corrected chi connectivity index (χ0v) is 15.2. The van der Waals surface area contributed by atoms with Crippen LogP contribution in [0.4, 0.5) is 5.69 Å². The van der Waals surface area contributed by atoms with Crippen LogP contribution in [-0.4, -0.2) is 28.2 Å². The molecule has 0 radical (unpaired) electrons. The summed E-state index contributed by atoms with van der Waals surface area (Å²) in [4.78, 5) is 21.7. The minimum absolute atomic E-state index is 0.0336. The van der Waals surface area contributed by atoms with Gasteiger partial charge in [-0.1, -0.05) is 13.8 Å². The summed E-state index contributed by atoms with van der Waals surface area (Å²) in [6.07, 6.45) is 5.74. The maximum Gasteiger partial charge on any atom is 0.268 e. The molecule has 136 valence electrons. The summed E-state index contributed by atoms with van der Waals surface area (Å²) in [5.74, 6) is 0.0336. The predicted octanol–water partition coefficient (Wildman–Crippen LogP) is 2.86. The highest BCUT2D eigenvalue weighted by molar-refractivity contribution is 5.94. The van der Waals surface area contributed by atoms with E-state index in [1.165, 1.54) is 12.8 Å². The Morgan fingerprint density at radius 2 is 2.00 bits per heavy atom. The Kier molecular flexibility index (Phi) is 4.00. The molecule has 1 aliphatic carbocycles. The molecule has 0 amide bonds. The summed E-state index contributed by atoms with van der Waals surface area (Å²) >= 11 is 0. The molecule has 1 saturated carbocycles. The Morgan fingerprint density at radius 1 is 1.31 bits per heavy atom. The summed E-state index contributed by atoms with van der Waals surface area (Å²) in [7, 11) is 0. The summed E-state index contributed by atoms with van der Waals surface area (Å²) in [6.45, 7) is 5.59. The average Bonchev–Trinajstić information content (AvgIpc) is 3.39. The fourth-order valence-corrected chi connectivity index (χ4v) is 4.01. The molecule has 1 unspecified atom stereocenters. The largest absolute Gasteiger partial charge is 0.387 e. The Labute approximate surface area is 152 Å². The van der Waals surface area contributed by atoms with Crippen LogP contribution in [-0.2, 0) is 0 Å². The molecule has 0 bridgehead atoms. The molecule has 0 aromatic carbocycles. The lowest BCUT2D eigenvalue weighted by Gasteiger charge is -2.34. The Bertz CT molecular complexity index is 943. The average molecular weight is 352 g/mol. The van der Waals surface area contributed by atoms with Crippen LogP contribution < -0.4 is 10.5 Å². The van der Waals surface area contributed by atoms with Gasteiger partial charge >= 0.3 is 0 Å². The molecule has 2 fully saturated rings. The third-order valence-electron chi connectivity index (χ3n) is 6.04. The predicted molar refractivity (Wildman–Crippen MR) is 100.0 cm³/mol. The zero-order valence-electron chi connectivity index (χ0n) is 15.2. The van der Waals surface area contributed by atoms with Crippen LogP contribution in [0.2, 0.25) is 0 Å². The topological polar surface area (TPSA) is 93.0 Å². The molecule has 1 saturated heterocycles. The molecule has 2 N–H and O–H groups in total. The van der Waals surface area contributed by atoms with Gasteiger partial charge < -0.3 is 15.0 Å². The quantitative estimate of drug-likeness (QED) is 0.886. The Hall–Kier alpha value is -2.39. The van der Waals surface area contributed by atoms with Crippen molar-refractivity contribution >= 4 is 16.6 Å². The molecule has 2 aliphatic rings. The number of fused-ring (bicyclic) bond motifs is 1. The Balaban J connectivity index is 1.85. The lowest BCUT2D eigenvalue weighted by molar-refractivity contribution is 0.122. The highest BCUT2D eigenvalue weighted by Crippen LogP contribution is 2.54. The standard InChI is InChI=1S/C20H24N4O2/c1-12(2)18(25)15-9-13-16(11-22-15)23-19(26)14(10-21)17(13)24-7-5-20(3-4-20)6-8-24/h9,11-12,18,25H,3-8H2,1-2H3,(H,23,26). The van der Waals surface area contributed by atoms with Crippen LogP contribution in [0.5, 0.6) is 0 Å². The number of rotatable bonds is 3. The van der Waals surface area contributed by atoms with Gasteiger partial charge in [0.1, 0.15) is 11.6 Å². The first-order valence-electron chi connectivity index (χ1n) is 9.33. The van der Waals surface area contributed by atoms with Gasteiger partial charge in [-0.3, -0.25) is 9.78 Å². The van der Waals surface area contributed by atoms with Crippen molar-refractivity contribution in [1.29, 1.82) is 5.26 Å². The van der Waals surface area contributed by atoms with Gasteiger partial charge in [-0.05, 0) is 43.1 Å². The van der Waals surface area contributed by atoms with E-state index in [2.05, 4.69) is 20.9 Å². The van der Waals surface area contributed by atoms with Crippen molar-refractivity contribution in [3.8, 4) is 6.07 Å². The molecule has 6 heteroatoms. The van der Waals surface area contributed by atoms with Crippen molar-refractivity contribution in [3.05, 3.63) is 33.9 Å². The lowest BCUT2D eigenvalue weighted by Crippen LogP contribution is -2.36. The molecular weight excluding hydrogens is 328 g/mol. The first kappa shape index (κ1) is 17.0. The number of piperidine rings is 1. The van der Waals surface area contributed by atoms with E-state index in [0.29, 0.717) is 22.3 Å².